The van der Waals surface area contributed by atoms with Crippen LogP contribution >= 0.6 is 0 Å². The van der Waals surface area contributed by atoms with Crippen LogP contribution in [0.4, 0.5) is 10.5 Å². The average molecular weight is 386 g/mol. The van der Waals surface area contributed by atoms with Gasteiger partial charge < -0.3 is 16.0 Å². The molecule has 2 aliphatic rings. The third kappa shape index (κ3) is 4.00. The number of amides is 5. The zero-order chi connectivity index (χ0) is 20.3. The van der Waals surface area contributed by atoms with Crippen LogP contribution in [0.15, 0.2) is 24.3 Å². The quantitative estimate of drug-likeness (QED) is 0.650. The Kier molecular flexibility index (Phi) is 5.67. The number of hydrogen-bond donors (Lipinski definition) is 3. The van der Waals surface area contributed by atoms with E-state index in [1.54, 1.807) is 38.1 Å². The maximum Gasteiger partial charge on any atom is 0.325 e. The van der Waals surface area contributed by atoms with Crippen molar-refractivity contribution in [2.24, 2.45) is 0 Å². The number of urea groups is 1. The van der Waals surface area contributed by atoms with Crippen molar-refractivity contribution in [3.63, 3.8) is 0 Å². The van der Waals surface area contributed by atoms with Crippen LogP contribution in [0.2, 0.25) is 0 Å². The lowest BCUT2D eigenvalue weighted by Crippen LogP contribution is -2.44. The summed E-state index contributed by atoms with van der Waals surface area (Å²) in [4.78, 5) is 50.4. The Bertz CT molecular complexity index is 803. The summed E-state index contributed by atoms with van der Waals surface area (Å²) in [5.74, 6) is -1.20. The van der Waals surface area contributed by atoms with E-state index in [9.17, 15) is 19.2 Å². The third-order valence-corrected chi connectivity index (χ3v) is 5.49. The van der Waals surface area contributed by atoms with Gasteiger partial charge in [0.05, 0.1) is 11.3 Å². The zero-order valence-electron chi connectivity index (χ0n) is 16.2. The van der Waals surface area contributed by atoms with Crippen LogP contribution < -0.4 is 16.0 Å². The number of imide groups is 1. The first kappa shape index (κ1) is 19.9. The monoisotopic (exact) mass is 386 g/mol. The van der Waals surface area contributed by atoms with Crippen LogP contribution in [0, 0.1) is 0 Å². The molecule has 1 aromatic carbocycles. The lowest BCUT2D eigenvalue weighted by Gasteiger charge is -2.19. The molecule has 0 aromatic heterocycles. The summed E-state index contributed by atoms with van der Waals surface area (Å²) in [6.45, 7) is 3.02. The molecule has 150 valence electrons. The number of rotatable bonds is 6. The standard InChI is InChI=1S/C20H26N4O4/c1-3-20(2)18(27)24(19(28)23-20)12-16(25)22-15-11-7-6-10-14(15)17(26)21-13-8-4-5-9-13/h6-7,10-11,13H,3-5,8-9,12H2,1-2H3,(H,21,26)(H,22,25)(H,23,28)/t20-/m1/s1. The molecule has 0 radical (unpaired) electrons. The highest BCUT2D eigenvalue weighted by atomic mass is 16.2. The molecular formula is C20H26N4O4. The van der Waals surface area contributed by atoms with E-state index in [2.05, 4.69) is 16.0 Å². The Hall–Kier alpha value is -2.90. The molecule has 1 atom stereocenters. The largest absolute Gasteiger partial charge is 0.349 e. The van der Waals surface area contributed by atoms with Gasteiger partial charge >= 0.3 is 6.03 Å². The average Bonchev–Trinajstić information content (AvgIpc) is 3.25. The molecule has 1 heterocycles. The number of nitrogens with zero attached hydrogens (tertiary/aromatic N) is 1. The van der Waals surface area contributed by atoms with Crippen molar-refractivity contribution in [3.05, 3.63) is 29.8 Å². The molecule has 8 heteroatoms. The third-order valence-electron chi connectivity index (χ3n) is 5.49. The Morgan fingerprint density at radius 2 is 1.89 bits per heavy atom. The van der Waals surface area contributed by atoms with Gasteiger partial charge in [0.2, 0.25) is 5.91 Å². The molecule has 1 saturated heterocycles. The number of benzene rings is 1. The molecule has 0 spiro atoms. The first-order chi connectivity index (χ1) is 13.3. The van der Waals surface area contributed by atoms with Gasteiger partial charge in [0.15, 0.2) is 0 Å². The fourth-order valence-corrected chi connectivity index (χ4v) is 3.59. The molecule has 1 aliphatic carbocycles. The van der Waals surface area contributed by atoms with Crippen LogP contribution in [-0.2, 0) is 9.59 Å². The molecule has 1 aromatic rings. The number of anilines is 1. The van der Waals surface area contributed by atoms with Crippen LogP contribution in [0.25, 0.3) is 0 Å². The molecule has 8 nitrogen and oxygen atoms in total. The predicted molar refractivity (Wildman–Crippen MR) is 104 cm³/mol. The molecule has 28 heavy (non-hydrogen) atoms. The van der Waals surface area contributed by atoms with Gasteiger partial charge in [-0.1, -0.05) is 31.9 Å². The first-order valence-corrected chi connectivity index (χ1v) is 9.68. The van der Waals surface area contributed by atoms with E-state index in [4.69, 9.17) is 0 Å². The van der Waals surface area contributed by atoms with Crippen molar-refractivity contribution in [3.8, 4) is 0 Å². The van der Waals surface area contributed by atoms with E-state index >= 15 is 0 Å². The van der Waals surface area contributed by atoms with Crippen molar-refractivity contribution in [1.82, 2.24) is 15.5 Å². The second kappa shape index (κ2) is 8.00. The summed E-state index contributed by atoms with van der Waals surface area (Å²) >= 11 is 0. The highest BCUT2D eigenvalue weighted by Gasteiger charge is 2.47. The van der Waals surface area contributed by atoms with Gasteiger partial charge in [-0.2, -0.15) is 0 Å². The highest BCUT2D eigenvalue weighted by Crippen LogP contribution is 2.22. The van der Waals surface area contributed by atoms with Gasteiger partial charge in [-0.3, -0.25) is 19.3 Å². The minimum atomic E-state index is -0.990. The Morgan fingerprint density at radius 1 is 1.21 bits per heavy atom. The van der Waals surface area contributed by atoms with Crippen molar-refractivity contribution < 1.29 is 19.2 Å². The van der Waals surface area contributed by atoms with Gasteiger partial charge in [0, 0.05) is 6.04 Å². The van der Waals surface area contributed by atoms with Gasteiger partial charge in [-0.15, -0.1) is 0 Å². The SMILES string of the molecule is CC[C@@]1(C)NC(=O)N(CC(=O)Nc2ccccc2C(=O)NC2CCCC2)C1=O. The molecule has 0 unspecified atom stereocenters. The Labute approximate surface area is 164 Å². The first-order valence-electron chi connectivity index (χ1n) is 9.68. The van der Waals surface area contributed by atoms with Crippen molar-refractivity contribution in [2.45, 2.75) is 57.5 Å². The number of para-hydroxylation sites is 1. The number of nitrogens with one attached hydrogen (secondary N) is 3. The molecule has 5 amide bonds. The van der Waals surface area contributed by atoms with Gasteiger partial charge in [0.1, 0.15) is 12.1 Å². The number of hydrogen-bond acceptors (Lipinski definition) is 4. The van der Waals surface area contributed by atoms with Crippen LogP contribution in [0.3, 0.4) is 0 Å². The smallest absolute Gasteiger partial charge is 0.325 e. The second-order valence-corrected chi connectivity index (χ2v) is 7.56. The fourth-order valence-electron chi connectivity index (χ4n) is 3.59. The van der Waals surface area contributed by atoms with E-state index in [0.717, 1.165) is 30.6 Å². The fraction of sp³-hybridized carbons (Fsp3) is 0.500. The maximum atomic E-state index is 12.6. The summed E-state index contributed by atoms with van der Waals surface area (Å²) in [6, 6.07) is 6.28. The topological polar surface area (TPSA) is 108 Å². The molecular weight excluding hydrogens is 360 g/mol. The number of carbonyl (C=O) groups is 4. The molecule has 1 saturated carbocycles. The van der Waals surface area contributed by atoms with E-state index in [0.29, 0.717) is 17.7 Å². The van der Waals surface area contributed by atoms with E-state index in [1.807, 2.05) is 0 Å². The summed E-state index contributed by atoms with van der Waals surface area (Å²) in [5.41, 5.74) is -0.275. The van der Waals surface area contributed by atoms with Crippen molar-refractivity contribution >= 4 is 29.4 Å². The second-order valence-electron chi connectivity index (χ2n) is 7.56. The molecule has 1 aliphatic heterocycles. The normalized spacial score (nSPS) is 22.3. The van der Waals surface area contributed by atoms with Crippen molar-refractivity contribution in [2.75, 3.05) is 11.9 Å². The Morgan fingerprint density at radius 3 is 2.54 bits per heavy atom. The highest BCUT2D eigenvalue weighted by molar-refractivity contribution is 6.10. The summed E-state index contributed by atoms with van der Waals surface area (Å²) in [5, 5.41) is 8.26. The predicted octanol–water partition coefficient (Wildman–Crippen LogP) is 2.02. The molecule has 3 rings (SSSR count). The van der Waals surface area contributed by atoms with Crippen LogP contribution in [0.5, 0.6) is 0 Å². The summed E-state index contributed by atoms with van der Waals surface area (Å²) < 4.78 is 0. The number of carbonyl (C=O) groups excluding carboxylic acids is 4. The minimum absolute atomic E-state index is 0.161. The van der Waals surface area contributed by atoms with E-state index in [1.165, 1.54) is 0 Å². The summed E-state index contributed by atoms with van der Waals surface area (Å²) in [7, 11) is 0. The van der Waals surface area contributed by atoms with Gasteiger partial charge in [-0.25, -0.2) is 4.79 Å². The van der Waals surface area contributed by atoms with Crippen LogP contribution in [-0.4, -0.2) is 46.8 Å². The lowest BCUT2D eigenvalue weighted by atomic mass is 9.99. The Balaban J connectivity index is 1.67. The molecule has 2 fully saturated rings. The lowest BCUT2D eigenvalue weighted by molar-refractivity contribution is -0.133. The van der Waals surface area contributed by atoms with Gasteiger partial charge in [-0.05, 0) is 38.3 Å². The van der Waals surface area contributed by atoms with Crippen molar-refractivity contribution in [1.29, 1.82) is 0 Å². The van der Waals surface area contributed by atoms with Gasteiger partial charge in [0.25, 0.3) is 11.8 Å². The molecule has 3 N–H and O–H groups in total. The minimum Gasteiger partial charge on any atom is -0.349 e. The van der Waals surface area contributed by atoms with E-state index in [-0.39, 0.29) is 11.9 Å². The zero-order valence-corrected chi connectivity index (χ0v) is 16.2. The molecule has 0 bridgehead atoms. The summed E-state index contributed by atoms with van der Waals surface area (Å²) in [6.07, 6.45) is 4.56. The van der Waals surface area contributed by atoms with E-state index < -0.39 is 29.9 Å². The maximum absolute atomic E-state index is 12.6. The van der Waals surface area contributed by atoms with Crippen LogP contribution in [0.1, 0.15) is 56.3 Å².